The molecule has 2 heterocycles. The highest BCUT2D eigenvalue weighted by atomic mass is 16.3. The lowest BCUT2D eigenvalue weighted by Crippen LogP contribution is -2.11. The third-order valence-electron chi connectivity index (χ3n) is 11.2. The molecule has 0 radical (unpaired) electrons. The third kappa shape index (κ3) is 5.60. The lowest BCUT2D eigenvalue weighted by molar-refractivity contribution is 0.670. The second-order valence-electron chi connectivity index (χ2n) is 14.5. The Morgan fingerprint density at radius 2 is 0.930 bits per heavy atom. The molecule has 11 aromatic rings. The fourth-order valence-electron chi connectivity index (χ4n) is 8.53. The van der Waals surface area contributed by atoms with Gasteiger partial charge >= 0.3 is 0 Å². The minimum Gasteiger partial charge on any atom is -0.455 e. The molecule has 0 saturated carbocycles. The van der Waals surface area contributed by atoms with Crippen molar-refractivity contribution in [3.63, 3.8) is 0 Å². The summed E-state index contributed by atoms with van der Waals surface area (Å²) in [6, 6.07) is 78.1. The van der Waals surface area contributed by atoms with E-state index in [9.17, 15) is 0 Å². The highest BCUT2D eigenvalue weighted by Crippen LogP contribution is 2.47. The second-order valence-corrected chi connectivity index (χ2v) is 14.5. The van der Waals surface area contributed by atoms with E-state index in [1.165, 1.54) is 27.4 Å². The van der Waals surface area contributed by atoms with E-state index in [4.69, 9.17) is 4.42 Å². The Kier molecular flexibility index (Phi) is 7.82. The molecule has 0 fully saturated rings. The van der Waals surface area contributed by atoms with Gasteiger partial charge in [-0.2, -0.15) is 0 Å². The molecule has 0 aliphatic rings. The average Bonchev–Trinajstić information content (AvgIpc) is 3.83. The van der Waals surface area contributed by atoms with Crippen molar-refractivity contribution in [2.75, 3.05) is 4.90 Å². The molecule has 0 spiro atoms. The first-order chi connectivity index (χ1) is 28.3. The number of anilines is 3. The van der Waals surface area contributed by atoms with Gasteiger partial charge in [0.15, 0.2) is 0 Å². The van der Waals surface area contributed by atoms with Gasteiger partial charge in [0.2, 0.25) is 0 Å². The fraction of sp³-hybridized carbons (Fsp3) is 0. The molecule has 57 heavy (non-hydrogen) atoms. The van der Waals surface area contributed by atoms with Gasteiger partial charge in [0.05, 0.1) is 16.7 Å². The zero-order valence-corrected chi connectivity index (χ0v) is 31.1. The number of rotatable bonds is 7. The van der Waals surface area contributed by atoms with E-state index in [1.807, 2.05) is 6.07 Å². The lowest BCUT2D eigenvalue weighted by Gasteiger charge is -2.29. The summed E-state index contributed by atoms with van der Waals surface area (Å²) in [4.78, 5) is 2.41. The number of hydrogen-bond donors (Lipinski definition) is 0. The Morgan fingerprint density at radius 3 is 1.70 bits per heavy atom. The van der Waals surface area contributed by atoms with Crippen LogP contribution in [0.5, 0.6) is 0 Å². The zero-order valence-electron chi connectivity index (χ0n) is 31.1. The molecule has 3 heteroatoms. The molecule has 0 unspecified atom stereocenters. The monoisotopic (exact) mass is 728 g/mol. The van der Waals surface area contributed by atoms with E-state index in [2.05, 4.69) is 222 Å². The average molecular weight is 729 g/mol. The molecule has 0 aliphatic carbocycles. The first kappa shape index (κ1) is 32.8. The molecule has 268 valence electrons. The summed E-state index contributed by atoms with van der Waals surface area (Å²) in [5, 5.41) is 4.66. The first-order valence-corrected chi connectivity index (χ1v) is 19.4. The van der Waals surface area contributed by atoms with Crippen LogP contribution in [0.4, 0.5) is 17.1 Å². The summed E-state index contributed by atoms with van der Waals surface area (Å²) in [7, 11) is 0. The fourth-order valence-corrected chi connectivity index (χ4v) is 8.53. The molecule has 9 aromatic carbocycles. The van der Waals surface area contributed by atoms with Crippen molar-refractivity contribution in [1.29, 1.82) is 0 Å². The largest absolute Gasteiger partial charge is 0.455 e. The molecule has 3 nitrogen and oxygen atoms in total. The number of benzene rings is 9. The molecular weight excluding hydrogens is 693 g/mol. The van der Waals surface area contributed by atoms with Gasteiger partial charge in [-0.3, -0.25) is 0 Å². The molecule has 0 aliphatic heterocycles. The normalized spacial score (nSPS) is 11.5. The first-order valence-electron chi connectivity index (χ1n) is 19.4. The van der Waals surface area contributed by atoms with Crippen LogP contribution >= 0.6 is 0 Å². The Labute approximate surface area is 330 Å². The van der Waals surface area contributed by atoms with Gasteiger partial charge in [0.25, 0.3) is 0 Å². The van der Waals surface area contributed by atoms with Crippen molar-refractivity contribution in [3.05, 3.63) is 218 Å². The predicted octanol–water partition coefficient (Wildman–Crippen LogP) is 15.2. The van der Waals surface area contributed by atoms with Gasteiger partial charge < -0.3 is 13.9 Å². The van der Waals surface area contributed by atoms with Crippen LogP contribution in [0.15, 0.2) is 223 Å². The maximum absolute atomic E-state index is 6.73. The number of para-hydroxylation sites is 4. The predicted molar refractivity (Wildman–Crippen MR) is 239 cm³/mol. The summed E-state index contributed by atoms with van der Waals surface area (Å²) in [6.07, 6.45) is 0. The van der Waals surface area contributed by atoms with Gasteiger partial charge in [-0.05, 0) is 82.9 Å². The smallest absolute Gasteiger partial charge is 0.143 e. The van der Waals surface area contributed by atoms with E-state index in [-0.39, 0.29) is 0 Å². The topological polar surface area (TPSA) is 21.3 Å². The maximum Gasteiger partial charge on any atom is 0.143 e. The van der Waals surface area contributed by atoms with Crippen molar-refractivity contribution >= 4 is 60.8 Å². The van der Waals surface area contributed by atoms with Gasteiger partial charge in [-0.1, -0.05) is 158 Å². The summed E-state index contributed by atoms with van der Waals surface area (Å²) in [5.41, 5.74) is 15.2. The van der Waals surface area contributed by atoms with E-state index in [0.29, 0.717) is 0 Å². The Bertz CT molecular complexity index is 3220. The van der Waals surface area contributed by atoms with Crippen LogP contribution in [0.3, 0.4) is 0 Å². The van der Waals surface area contributed by atoms with E-state index >= 15 is 0 Å². The number of fused-ring (bicyclic) bond motifs is 6. The third-order valence-corrected chi connectivity index (χ3v) is 11.2. The van der Waals surface area contributed by atoms with Crippen molar-refractivity contribution < 1.29 is 4.42 Å². The Balaban J connectivity index is 1.20. The SMILES string of the molecule is c1ccc(-c2ccc(N(c3ccc4c5ccccc5n(-c5ccccc5)c4c3)c3ccc(-c4ccccc4)cc3-c3cccc4c3oc3ccccc34)cc2)cc1. The Hall–Kier alpha value is -7.62. The molecule has 0 bridgehead atoms. The van der Waals surface area contributed by atoms with E-state index < -0.39 is 0 Å². The summed E-state index contributed by atoms with van der Waals surface area (Å²) in [6.45, 7) is 0. The maximum atomic E-state index is 6.73. The molecule has 0 saturated heterocycles. The van der Waals surface area contributed by atoms with E-state index in [1.54, 1.807) is 0 Å². The van der Waals surface area contributed by atoms with Gasteiger partial charge in [0.1, 0.15) is 11.2 Å². The Morgan fingerprint density at radius 1 is 0.351 bits per heavy atom. The highest BCUT2D eigenvalue weighted by Gasteiger charge is 2.23. The minimum absolute atomic E-state index is 0.879. The van der Waals surface area contributed by atoms with Crippen LogP contribution in [0.2, 0.25) is 0 Å². The molecule has 11 rings (SSSR count). The van der Waals surface area contributed by atoms with Crippen molar-refractivity contribution in [3.8, 4) is 39.1 Å². The van der Waals surface area contributed by atoms with Crippen LogP contribution in [0.1, 0.15) is 0 Å². The van der Waals surface area contributed by atoms with E-state index in [0.717, 1.165) is 72.5 Å². The number of nitrogens with zero attached hydrogens (tertiary/aromatic N) is 2. The molecule has 0 atom stereocenters. The summed E-state index contributed by atoms with van der Waals surface area (Å²) >= 11 is 0. The van der Waals surface area contributed by atoms with Crippen LogP contribution < -0.4 is 4.90 Å². The minimum atomic E-state index is 0.879. The van der Waals surface area contributed by atoms with Gasteiger partial charge in [-0.15, -0.1) is 0 Å². The van der Waals surface area contributed by atoms with Crippen molar-refractivity contribution in [2.45, 2.75) is 0 Å². The van der Waals surface area contributed by atoms with Crippen molar-refractivity contribution in [2.24, 2.45) is 0 Å². The molecule has 0 amide bonds. The quantitative estimate of drug-likeness (QED) is 0.163. The molecule has 0 N–H and O–H groups in total. The van der Waals surface area contributed by atoms with Gasteiger partial charge in [-0.25, -0.2) is 0 Å². The van der Waals surface area contributed by atoms with Gasteiger partial charge in [0, 0.05) is 49.7 Å². The van der Waals surface area contributed by atoms with Crippen LogP contribution in [0.25, 0.3) is 82.8 Å². The van der Waals surface area contributed by atoms with Crippen LogP contribution in [-0.2, 0) is 0 Å². The molecular formula is C54H36N2O. The summed E-state index contributed by atoms with van der Waals surface area (Å²) in [5.74, 6) is 0. The highest BCUT2D eigenvalue weighted by molar-refractivity contribution is 6.12. The summed E-state index contributed by atoms with van der Waals surface area (Å²) < 4.78 is 9.12. The van der Waals surface area contributed by atoms with Crippen molar-refractivity contribution in [1.82, 2.24) is 4.57 Å². The lowest BCUT2D eigenvalue weighted by atomic mass is 9.94. The standard InChI is InChI=1S/C54H36N2O/c1-4-15-37(16-5-1)39-27-30-42(31-28-39)55(43-32-33-45-44-21-10-12-25-50(44)56(52(45)36-43)41-19-8-3-9-20-41)51-34-29-40(38-17-6-2-7-18-38)35-49(51)48-24-14-23-47-46-22-11-13-26-53(46)57-54(47)48/h1-36H. The molecule has 2 aromatic heterocycles. The number of aromatic nitrogens is 1. The number of furan rings is 1. The second kappa shape index (κ2) is 13.6. The van der Waals surface area contributed by atoms with Crippen LogP contribution in [-0.4, -0.2) is 4.57 Å². The number of hydrogen-bond acceptors (Lipinski definition) is 2. The zero-order chi connectivity index (χ0) is 37.7. The van der Waals surface area contributed by atoms with Crippen LogP contribution in [0, 0.1) is 0 Å².